The van der Waals surface area contributed by atoms with Crippen molar-refractivity contribution in [3.05, 3.63) is 83.4 Å². The van der Waals surface area contributed by atoms with Gasteiger partial charge in [-0.05, 0) is 62.9 Å². The van der Waals surface area contributed by atoms with Crippen LogP contribution >= 0.6 is 0 Å². The van der Waals surface area contributed by atoms with E-state index in [1.807, 2.05) is 42.5 Å². The van der Waals surface area contributed by atoms with E-state index in [-0.39, 0.29) is 12.5 Å². The van der Waals surface area contributed by atoms with E-state index in [9.17, 15) is 9.59 Å². The second-order valence-electron chi connectivity index (χ2n) is 9.18. The molecule has 0 atom stereocenters. The van der Waals surface area contributed by atoms with Crippen molar-refractivity contribution in [3.63, 3.8) is 0 Å². The van der Waals surface area contributed by atoms with Gasteiger partial charge in [-0.1, -0.05) is 48.5 Å². The summed E-state index contributed by atoms with van der Waals surface area (Å²) in [5, 5.41) is 13.9. The van der Waals surface area contributed by atoms with Crippen LogP contribution in [-0.4, -0.2) is 53.7 Å². The summed E-state index contributed by atoms with van der Waals surface area (Å²) in [5.74, 6) is -0.102. The molecule has 3 aromatic carbocycles. The first-order valence-corrected chi connectivity index (χ1v) is 12.2. The Morgan fingerprint density at radius 2 is 1.61 bits per heavy atom. The van der Waals surface area contributed by atoms with Crippen molar-refractivity contribution >= 4 is 28.7 Å². The minimum atomic E-state index is -0.595. The summed E-state index contributed by atoms with van der Waals surface area (Å²) >= 11 is 0. The molecule has 0 bridgehead atoms. The second-order valence-corrected chi connectivity index (χ2v) is 9.18. The highest BCUT2D eigenvalue weighted by atomic mass is 16.5. The first-order chi connectivity index (χ1) is 17.3. The molecule has 3 aromatic rings. The Balaban J connectivity index is 1.80. The molecule has 0 aliphatic carbocycles. The van der Waals surface area contributed by atoms with Gasteiger partial charge in [0.2, 0.25) is 0 Å². The van der Waals surface area contributed by atoms with Gasteiger partial charge in [-0.3, -0.25) is 19.7 Å². The lowest BCUT2D eigenvalue weighted by Gasteiger charge is -2.30. The summed E-state index contributed by atoms with van der Waals surface area (Å²) in [5.41, 5.74) is 3.13. The summed E-state index contributed by atoms with van der Waals surface area (Å²) in [7, 11) is 0. The van der Waals surface area contributed by atoms with Gasteiger partial charge in [-0.15, -0.1) is 0 Å². The van der Waals surface area contributed by atoms with Crippen molar-refractivity contribution in [1.82, 2.24) is 15.7 Å². The summed E-state index contributed by atoms with van der Waals surface area (Å²) in [6.07, 6.45) is 1.75. The van der Waals surface area contributed by atoms with Crippen LogP contribution in [0.4, 0.5) is 0 Å². The Hall–Kier alpha value is -3.68. The molecular weight excluding hydrogens is 454 g/mol. The van der Waals surface area contributed by atoms with E-state index in [2.05, 4.69) is 37.9 Å². The van der Waals surface area contributed by atoms with Gasteiger partial charge < -0.3 is 10.1 Å². The molecular formula is C29H35N3O4. The van der Waals surface area contributed by atoms with Crippen LogP contribution in [0.1, 0.15) is 43.6 Å². The van der Waals surface area contributed by atoms with Crippen LogP contribution in [0.2, 0.25) is 0 Å². The number of benzene rings is 3. The third-order valence-electron chi connectivity index (χ3n) is 6.02. The van der Waals surface area contributed by atoms with E-state index in [0.29, 0.717) is 35.5 Å². The van der Waals surface area contributed by atoms with E-state index in [1.165, 1.54) is 0 Å². The number of carbonyl (C=O) groups is 2. The maximum absolute atomic E-state index is 13.2. The van der Waals surface area contributed by atoms with Crippen molar-refractivity contribution in [3.8, 4) is 5.75 Å². The van der Waals surface area contributed by atoms with Crippen LogP contribution in [0.5, 0.6) is 5.75 Å². The van der Waals surface area contributed by atoms with Crippen LogP contribution in [0.3, 0.4) is 0 Å². The van der Waals surface area contributed by atoms with E-state index < -0.39 is 5.91 Å². The number of fused-ring (bicyclic) bond motifs is 1. The minimum Gasteiger partial charge on any atom is -0.488 e. The Morgan fingerprint density at radius 3 is 2.28 bits per heavy atom. The molecule has 7 heteroatoms. The largest absolute Gasteiger partial charge is 0.488 e. The molecule has 0 saturated heterocycles. The van der Waals surface area contributed by atoms with Gasteiger partial charge in [0.15, 0.2) is 0 Å². The molecule has 3 N–H and O–H groups in total. The number of hydrogen-bond acceptors (Lipinski definition) is 5. The summed E-state index contributed by atoms with van der Waals surface area (Å²) in [6.45, 7) is 9.91. The third-order valence-corrected chi connectivity index (χ3v) is 6.02. The highest BCUT2D eigenvalue weighted by molar-refractivity contribution is 5.98. The van der Waals surface area contributed by atoms with E-state index in [4.69, 9.17) is 9.94 Å². The number of carbonyl (C=O) groups excluding carboxylic acids is 2. The Labute approximate surface area is 212 Å². The van der Waals surface area contributed by atoms with Gasteiger partial charge in [-0.2, -0.15) is 0 Å². The fourth-order valence-electron chi connectivity index (χ4n) is 4.17. The van der Waals surface area contributed by atoms with Gasteiger partial charge in [0.05, 0.1) is 5.57 Å². The van der Waals surface area contributed by atoms with Crippen LogP contribution in [-0.2, 0) is 4.79 Å². The van der Waals surface area contributed by atoms with Gasteiger partial charge in [0.1, 0.15) is 12.4 Å². The molecule has 3 rings (SSSR count). The number of rotatable bonds is 11. The predicted octanol–water partition coefficient (Wildman–Crippen LogP) is 4.66. The molecule has 2 amide bonds. The first-order valence-electron chi connectivity index (χ1n) is 12.2. The van der Waals surface area contributed by atoms with E-state index in [1.54, 1.807) is 35.8 Å². The van der Waals surface area contributed by atoms with E-state index in [0.717, 1.165) is 22.9 Å². The molecule has 7 nitrogen and oxygen atoms in total. The maximum atomic E-state index is 13.2. The number of nitrogens with one attached hydrogen (secondary N) is 2. The second kappa shape index (κ2) is 12.9. The number of ether oxygens (including phenoxy) is 1. The molecule has 0 aliphatic heterocycles. The molecule has 0 spiro atoms. The summed E-state index contributed by atoms with van der Waals surface area (Å²) in [6, 6.07) is 21.1. The van der Waals surface area contributed by atoms with Crippen molar-refractivity contribution in [2.75, 3.05) is 19.7 Å². The van der Waals surface area contributed by atoms with Crippen LogP contribution in [0.15, 0.2) is 72.3 Å². The molecule has 0 aliphatic rings. The lowest BCUT2D eigenvalue weighted by atomic mass is 10.1. The molecule has 190 valence electrons. The average Bonchev–Trinajstić information content (AvgIpc) is 2.88. The number of hydroxylamine groups is 1. The zero-order valence-corrected chi connectivity index (χ0v) is 21.3. The van der Waals surface area contributed by atoms with Gasteiger partial charge in [-0.25, -0.2) is 5.48 Å². The smallest absolute Gasteiger partial charge is 0.274 e. The van der Waals surface area contributed by atoms with Crippen molar-refractivity contribution in [2.24, 2.45) is 0 Å². The van der Waals surface area contributed by atoms with Gasteiger partial charge in [0, 0.05) is 36.1 Å². The van der Waals surface area contributed by atoms with Crippen LogP contribution in [0.25, 0.3) is 16.8 Å². The molecule has 0 aromatic heterocycles. The summed E-state index contributed by atoms with van der Waals surface area (Å²) in [4.78, 5) is 27.1. The number of nitrogens with zero attached hydrogens (tertiary/aromatic N) is 1. The quantitative estimate of drug-likeness (QED) is 0.207. The Bertz CT molecular complexity index is 1190. The monoisotopic (exact) mass is 489 g/mol. The third kappa shape index (κ3) is 7.16. The normalized spacial score (nSPS) is 11.8. The highest BCUT2D eigenvalue weighted by Gasteiger charge is 2.16. The predicted molar refractivity (Wildman–Crippen MR) is 143 cm³/mol. The lowest BCUT2D eigenvalue weighted by Crippen LogP contribution is -2.42. The van der Waals surface area contributed by atoms with Crippen LogP contribution in [0, 0.1) is 0 Å². The fraction of sp³-hybridized carbons (Fsp3) is 0.310. The fourth-order valence-corrected chi connectivity index (χ4v) is 4.17. The molecule has 0 heterocycles. The molecule has 0 unspecified atom stereocenters. The minimum absolute atomic E-state index is 0.0802. The number of hydrogen-bond donors (Lipinski definition) is 3. The maximum Gasteiger partial charge on any atom is 0.274 e. The van der Waals surface area contributed by atoms with Crippen molar-refractivity contribution < 1.29 is 19.5 Å². The lowest BCUT2D eigenvalue weighted by molar-refractivity contribution is -0.117. The average molecular weight is 490 g/mol. The standard InChI is InChI=1S/C29H35N3O4/c1-20(2)32(21(3)4)17-16-30-28(33)25(18-22-12-14-24(15-13-22)29(34)31-35)19-36-27-11-7-9-23-8-5-6-10-26(23)27/h5-15,18,20-21,35H,16-17,19H2,1-4H3,(H,30,33)(H,31,34)/b25-18+. The van der Waals surface area contributed by atoms with Crippen molar-refractivity contribution in [1.29, 1.82) is 0 Å². The Kier molecular flexibility index (Phi) is 9.61. The highest BCUT2D eigenvalue weighted by Crippen LogP contribution is 2.25. The van der Waals surface area contributed by atoms with Gasteiger partial charge >= 0.3 is 0 Å². The molecule has 36 heavy (non-hydrogen) atoms. The summed E-state index contributed by atoms with van der Waals surface area (Å²) < 4.78 is 6.12. The molecule has 0 saturated carbocycles. The van der Waals surface area contributed by atoms with E-state index >= 15 is 0 Å². The van der Waals surface area contributed by atoms with Gasteiger partial charge in [0.25, 0.3) is 11.8 Å². The zero-order valence-electron chi connectivity index (χ0n) is 21.3. The Morgan fingerprint density at radius 1 is 0.944 bits per heavy atom. The SMILES string of the molecule is CC(C)N(CCNC(=O)/C(=C/c1ccc(C(=O)NO)cc1)COc1cccc2ccccc12)C(C)C. The zero-order chi connectivity index (χ0) is 26.1. The number of amides is 2. The topological polar surface area (TPSA) is 90.9 Å². The first kappa shape index (κ1) is 26.9. The van der Waals surface area contributed by atoms with Crippen LogP contribution < -0.4 is 15.5 Å². The molecule has 0 radical (unpaired) electrons. The molecule has 0 fully saturated rings. The van der Waals surface area contributed by atoms with Crippen molar-refractivity contribution in [2.45, 2.75) is 39.8 Å².